The first kappa shape index (κ1) is 13.5. The summed E-state index contributed by atoms with van der Waals surface area (Å²) in [6.45, 7) is 6.24. The molecule has 0 radical (unpaired) electrons. The molecule has 1 heterocycles. The van der Waals surface area contributed by atoms with Crippen LogP contribution in [0.5, 0.6) is 0 Å². The van der Waals surface area contributed by atoms with E-state index in [-0.39, 0.29) is 11.4 Å². The molecule has 1 fully saturated rings. The third-order valence-corrected chi connectivity index (χ3v) is 4.18. The number of benzene rings is 1. The predicted molar refractivity (Wildman–Crippen MR) is 73.0 cm³/mol. The van der Waals surface area contributed by atoms with E-state index in [2.05, 4.69) is 18.7 Å². The van der Waals surface area contributed by atoms with Crippen molar-refractivity contribution in [1.82, 2.24) is 4.90 Å². The maximum atomic E-state index is 12.9. The van der Waals surface area contributed by atoms with Gasteiger partial charge in [-0.3, -0.25) is 4.90 Å². The monoisotopic (exact) mass is 250 g/mol. The number of nitrogens with zero attached hydrogens (tertiary/aromatic N) is 1. The van der Waals surface area contributed by atoms with Crippen molar-refractivity contribution in [1.29, 1.82) is 0 Å². The molecule has 1 aliphatic heterocycles. The van der Waals surface area contributed by atoms with Gasteiger partial charge in [-0.05, 0) is 57.4 Å². The van der Waals surface area contributed by atoms with E-state index in [1.807, 2.05) is 12.1 Å². The molecule has 100 valence electrons. The molecule has 18 heavy (non-hydrogen) atoms. The van der Waals surface area contributed by atoms with E-state index in [0.717, 1.165) is 18.5 Å². The maximum absolute atomic E-state index is 12.9. The van der Waals surface area contributed by atoms with Gasteiger partial charge in [-0.15, -0.1) is 0 Å². The molecule has 0 bridgehead atoms. The van der Waals surface area contributed by atoms with Gasteiger partial charge in [-0.25, -0.2) is 4.39 Å². The summed E-state index contributed by atoms with van der Waals surface area (Å²) in [5.74, 6) is -0.178. The van der Waals surface area contributed by atoms with Crippen molar-refractivity contribution in [3.63, 3.8) is 0 Å². The molecule has 1 saturated heterocycles. The number of hydrogen-bond acceptors (Lipinski definition) is 2. The Bertz CT molecular complexity index is 390. The first-order valence-electron chi connectivity index (χ1n) is 6.76. The molecular formula is C15H23FN2. The smallest absolute Gasteiger partial charge is 0.123 e. The van der Waals surface area contributed by atoms with Gasteiger partial charge < -0.3 is 5.73 Å². The van der Waals surface area contributed by atoms with Crippen LogP contribution in [-0.4, -0.2) is 29.6 Å². The van der Waals surface area contributed by atoms with Crippen molar-refractivity contribution in [2.45, 2.75) is 44.7 Å². The fraction of sp³-hybridized carbons (Fsp3) is 0.600. The van der Waals surface area contributed by atoms with E-state index < -0.39 is 0 Å². The van der Waals surface area contributed by atoms with E-state index in [9.17, 15) is 4.39 Å². The molecule has 2 unspecified atom stereocenters. The first-order chi connectivity index (χ1) is 8.55. The Kier molecular flexibility index (Phi) is 4.03. The second-order valence-electron chi connectivity index (χ2n) is 5.69. The third kappa shape index (κ3) is 2.73. The standard InChI is InChI=1S/C15H23FN2/c1-12-4-3-9-18(12)15(2,11-17)10-13-5-7-14(16)8-6-13/h5-8,12H,3-4,9-11,17H2,1-2H3. The number of halogens is 1. The highest BCUT2D eigenvalue weighted by Gasteiger charge is 2.36. The second kappa shape index (κ2) is 5.37. The van der Waals surface area contributed by atoms with Gasteiger partial charge in [-0.2, -0.15) is 0 Å². The number of hydrogen-bond donors (Lipinski definition) is 1. The summed E-state index contributed by atoms with van der Waals surface area (Å²) in [4.78, 5) is 2.51. The highest BCUT2D eigenvalue weighted by Crippen LogP contribution is 2.29. The normalized spacial score (nSPS) is 24.1. The molecule has 1 aromatic carbocycles. The summed E-state index contributed by atoms with van der Waals surface area (Å²) in [5, 5.41) is 0. The molecule has 2 rings (SSSR count). The predicted octanol–water partition coefficient (Wildman–Crippen LogP) is 2.57. The summed E-state index contributed by atoms with van der Waals surface area (Å²) >= 11 is 0. The average molecular weight is 250 g/mol. The molecule has 0 saturated carbocycles. The molecule has 0 aromatic heterocycles. The summed E-state index contributed by atoms with van der Waals surface area (Å²) in [5.41, 5.74) is 7.15. The minimum atomic E-state index is -0.178. The fourth-order valence-electron chi connectivity index (χ4n) is 3.07. The van der Waals surface area contributed by atoms with Gasteiger partial charge in [-0.1, -0.05) is 12.1 Å². The van der Waals surface area contributed by atoms with E-state index in [1.54, 1.807) is 0 Å². The lowest BCUT2D eigenvalue weighted by molar-refractivity contribution is 0.103. The highest BCUT2D eigenvalue weighted by atomic mass is 19.1. The molecule has 2 N–H and O–H groups in total. The van der Waals surface area contributed by atoms with Crippen LogP contribution in [0, 0.1) is 5.82 Å². The summed E-state index contributed by atoms with van der Waals surface area (Å²) in [7, 11) is 0. The lowest BCUT2D eigenvalue weighted by Crippen LogP contribution is -2.54. The molecule has 1 aromatic rings. The van der Waals surface area contributed by atoms with Crippen molar-refractivity contribution in [2.24, 2.45) is 5.73 Å². The lowest BCUT2D eigenvalue weighted by atomic mass is 9.90. The largest absolute Gasteiger partial charge is 0.329 e. The van der Waals surface area contributed by atoms with Crippen LogP contribution in [0.15, 0.2) is 24.3 Å². The van der Waals surface area contributed by atoms with Crippen LogP contribution in [0.25, 0.3) is 0 Å². The fourth-order valence-corrected chi connectivity index (χ4v) is 3.07. The van der Waals surface area contributed by atoms with Crippen molar-refractivity contribution >= 4 is 0 Å². The lowest BCUT2D eigenvalue weighted by Gasteiger charge is -2.41. The van der Waals surface area contributed by atoms with Gasteiger partial charge >= 0.3 is 0 Å². The molecule has 0 spiro atoms. The number of nitrogens with two attached hydrogens (primary N) is 1. The second-order valence-corrected chi connectivity index (χ2v) is 5.69. The van der Waals surface area contributed by atoms with Crippen LogP contribution < -0.4 is 5.73 Å². The number of rotatable bonds is 4. The summed E-state index contributed by atoms with van der Waals surface area (Å²) in [6.07, 6.45) is 3.38. The zero-order valence-corrected chi connectivity index (χ0v) is 11.3. The maximum Gasteiger partial charge on any atom is 0.123 e. The van der Waals surface area contributed by atoms with Gasteiger partial charge in [0, 0.05) is 18.1 Å². The van der Waals surface area contributed by atoms with E-state index in [4.69, 9.17) is 5.73 Å². The summed E-state index contributed by atoms with van der Waals surface area (Å²) in [6, 6.07) is 7.38. The Morgan fingerprint density at radius 3 is 2.56 bits per heavy atom. The van der Waals surface area contributed by atoms with E-state index >= 15 is 0 Å². The minimum Gasteiger partial charge on any atom is -0.329 e. The van der Waals surface area contributed by atoms with Crippen molar-refractivity contribution in [3.05, 3.63) is 35.6 Å². The van der Waals surface area contributed by atoms with Crippen LogP contribution in [0.4, 0.5) is 4.39 Å². The van der Waals surface area contributed by atoms with Crippen LogP contribution in [-0.2, 0) is 6.42 Å². The Hall–Kier alpha value is -0.930. The van der Waals surface area contributed by atoms with E-state index in [1.165, 1.54) is 25.0 Å². The van der Waals surface area contributed by atoms with Gasteiger partial charge in [0.05, 0.1) is 0 Å². The van der Waals surface area contributed by atoms with Gasteiger partial charge in [0.15, 0.2) is 0 Å². The Balaban J connectivity index is 2.14. The Morgan fingerprint density at radius 2 is 2.06 bits per heavy atom. The Morgan fingerprint density at radius 1 is 1.39 bits per heavy atom. The van der Waals surface area contributed by atoms with Gasteiger partial charge in [0.1, 0.15) is 5.82 Å². The van der Waals surface area contributed by atoms with Crippen LogP contribution in [0.3, 0.4) is 0 Å². The van der Waals surface area contributed by atoms with Crippen LogP contribution in [0.2, 0.25) is 0 Å². The van der Waals surface area contributed by atoms with Crippen molar-refractivity contribution in [3.8, 4) is 0 Å². The molecule has 1 aliphatic rings. The molecule has 2 atom stereocenters. The SMILES string of the molecule is CC1CCCN1C(C)(CN)Cc1ccc(F)cc1. The minimum absolute atomic E-state index is 0.0201. The van der Waals surface area contributed by atoms with E-state index in [0.29, 0.717) is 12.6 Å². The zero-order valence-electron chi connectivity index (χ0n) is 11.3. The molecule has 3 heteroatoms. The zero-order chi connectivity index (χ0) is 13.2. The third-order valence-electron chi connectivity index (χ3n) is 4.18. The van der Waals surface area contributed by atoms with Gasteiger partial charge in [0.2, 0.25) is 0 Å². The highest BCUT2D eigenvalue weighted by molar-refractivity contribution is 5.19. The Labute approximate surface area is 109 Å². The van der Waals surface area contributed by atoms with Crippen LogP contribution in [0.1, 0.15) is 32.3 Å². The van der Waals surface area contributed by atoms with Crippen molar-refractivity contribution < 1.29 is 4.39 Å². The molecule has 2 nitrogen and oxygen atoms in total. The quantitative estimate of drug-likeness (QED) is 0.890. The topological polar surface area (TPSA) is 29.3 Å². The molecule has 0 amide bonds. The molecule has 0 aliphatic carbocycles. The van der Waals surface area contributed by atoms with Crippen molar-refractivity contribution in [2.75, 3.05) is 13.1 Å². The first-order valence-corrected chi connectivity index (χ1v) is 6.76. The number of likely N-dealkylation sites (tertiary alicyclic amines) is 1. The summed E-state index contributed by atoms with van der Waals surface area (Å²) < 4.78 is 12.9. The average Bonchev–Trinajstić information content (AvgIpc) is 2.79. The van der Waals surface area contributed by atoms with Crippen LogP contribution >= 0.6 is 0 Å². The molecular weight excluding hydrogens is 227 g/mol. The van der Waals surface area contributed by atoms with Gasteiger partial charge in [0.25, 0.3) is 0 Å².